The van der Waals surface area contributed by atoms with Crippen molar-refractivity contribution in [2.75, 3.05) is 7.11 Å². The lowest BCUT2D eigenvalue weighted by atomic mass is 10.1. The number of methoxy groups -OCH3 is 1. The van der Waals surface area contributed by atoms with Gasteiger partial charge in [-0.1, -0.05) is 0 Å². The molecule has 1 aromatic carbocycles. The number of nitrogens with zero attached hydrogens (tertiary/aromatic N) is 2. The van der Waals surface area contributed by atoms with E-state index < -0.39 is 28.8 Å². The summed E-state index contributed by atoms with van der Waals surface area (Å²) in [6, 6.07) is 2.84. The predicted molar refractivity (Wildman–Crippen MR) is 59.5 cm³/mol. The van der Waals surface area contributed by atoms with Gasteiger partial charge in [0.15, 0.2) is 17.5 Å². The molecule has 0 amide bonds. The fourth-order valence-corrected chi connectivity index (χ4v) is 1.59. The highest BCUT2D eigenvalue weighted by Crippen LogP contribution is 2.20. The van der Waals surface area contributed by atoms with Crippen LogP contribution < -0.4 is 4.74 Å². The van der Waals surface area contributed by atoms with Crippen LogP contribution in [0.15, 0.2) is 18.2 Å². The molecule has 0 bridgehead atoms. The standard InChI is InChI=1S/C12H9F3N2O2/c1-17-9(19-2)5-8(16-17)12(18)6-3-4-7(13)11(15)10(6)14/h3-5H,1-2H3. The van der Waals surface area contributed by atoms with E-state index in [4.69, 9.17) is 4.74 Å². The molecule has 1 heterocycles. The van der Waals surface area contributed by atoms with Crippen molar-refractivity contribution in [2.24, 2.45) is 7.05 Å². The first-order chi connectivity index (χ1) is 8.95. The highest BCUT2D eigenvalue weighted by Gasteiger charge is 2.22. The molecule has 0 saturated carbocycles. The van der Waals surface area contributed by atoms with Crippen molar-refractivity contribution in [3.05, 3.63) is 46.9 Å². The summed E-state index contributed by atoms with van der Waals surface area (Å²) in [5.74, 6) is -5.14. The Balaban J connectivity index is 2.47. The number of halogens is 3. The van der Waals surface area contributed by atoms with Gasteiger partial charge in [0.1, 0.15) is 5.69 Å². The summed E-state index contributed by atoms with van der Waals surface area (Å²) in [5, 5.41) is 3.81. The van der Waals surface area contributed by atoms with Crippen molar-refractivity contribution in [2.45, 2.75) is 0 Å². The molecule has 4 nitrogen and oxygen atoms in total. The Hall–Kier alpha value is -2.31. The van der Waals surface area contributed by atoms with Crippen molar-refractivity contribution < 1.29 is 22.7 Å². The van der Waals surface area contributed by atoms with Crippen LogP contribution in [0.25, 0.3) is 0 Å². The molecule has 2 rings (SSSR count). The highest BCUT2D eigenvalue weighted by molar-refractivity contribution is 6.08. The maximum Gasteiger partial charge on any atom is 0.216 e. The van der Waals surface area contributed by atoms with E-state index in [1.165, 1.54) is 24.9 Å². The normalized spacial score (nSPS) is 10.6. The molecule has 0 saturated heterocycles. The third-order valence-corrected chi connectivity index (χ3v) is 2.56. The molecule has 0 spiro atoms. The Morgan fingerprint density at radius 3 is 2.53 bits per heavy atom. The molecule has 7 heteroatoms. The van der Waals surface area contributed by atoms with Crippen LogP contribution in [-0.2, 0) is 7.05 Å². The topological polar surface area (TPSA) is 44.1 Å². The number of ketones is 1. The minimum absolute atomic E-state index is 0.121. The minimum atomic E-state index is -1.69. The van der Waals surface area contributed by atoms with Crippen LogP contribution >= 0.6 is 0 Å². The summed E-state index contributed by atoms with van der Waals surface area (Å²) >= 11 is 0. The number of hydrogen-bond donors (Lipinski definition) is 0. The Morgan fingerprint density at radius 2 is 1.95 bits per heavy atom. The molecule has 19 heavy (non-hydrogen) atoms. The molecule has 0 aliphatic heterocycles. The van der Waals surface area contributed by atoms with Crippen molar-refractivity contribution >= 4 is 5.78 Å². The number of carbonyl (C=O) groups is 1. The lowest BCUT2D eigenvalue weighted by molar-refractivity contribution is 0.102. The monoisotopic (exact) mass is 270 g/mol. The molecule has 0 atom stereocenters. The number of carbonyl (C=O) groups excluding carboxylic acids is 1. The van der Waals surface area contributed by atoms with Gasteiger partial charge in [-0.25, -0.2) is 17.9 Å². The maximum absolute atomic E-state index is 13.5. The summed E-state index contributed by atoms with van der Waals surface area (Å²) in [6.45, 7) is 0. The molecule has 0 unspecified atom stereocenters. The number of rotatable bonds is 3. The van der Waals surface area contributed by atoms with Crippen molar-refractivity contribution in [3.63, 3.8) is 0 Å². The fourth-order valence-electron chi connectivity index (χ4n) is 1.59. The lowest BCUT2D eigenvalue weighted by Gasteiger charge is -2.01. The van der Waals surface area contributed by atoms with Gasteiger partial charge in [-0.2, -0.15) is 5.10 Å². The molecular formula is C12H9F3N2O2. The zero-order valence-corrected chi connectivity index (χ0v) is 10.1. The van der Waals surface area contributed by atoms with Gasteiger partial charge >= 0.3 is 0 Å². The molecule has 0 aliphatic rings. The van der Waals surface area contributed by atoms with Crippen LogP contribution in [0.4, 0.5) is 13.2 Å². The van der Waals surface area contributed by atoms with Crippen molar-refractivity contribution in [1.82, 2.24) is 9.78 Å². The van der Waals surface area contributed by atoms with Crippen LogP contribution in [0.5, 0.6) is 5.88 Å². The molecule has 2 aromatic rings. The second-order valence-electron chi connectivity index (χ2n) is 3.75. The van der Waals surface area contributed by atoms with Gasteiger partial charge in [-0.3, -0.25) is 4.79 Å². The second-order valence-corrected chi connectivity index (χ2v) is 3.75. The molecular weight excluding hydrogens is 261 g/mol. The Morgan fingerprint density at radius 1 is 1.26 bits per heavy atom. The van der Waals surface area contributed by atoms with E-state index in [-0.39, 0.29) is 11.6 Å². The predicted octanol–water partition coefficient (Wildman–Crippen LogP) is 2.08. The van der Waals surface area contributed by atoms with Crippen LogP contribution in [0.2, 0.25) is 0 Å². The molecule has 1 aromatic heterocycles. The third kappa shape index (κ3) is 2.18. The van der Waals surface area contributed by atoms with Gasteiger partial charge in [0.05, 0.1) is 12.7 Å². The van der Waals surface area contributed by atoms with Crippen molar-refractivity contribution in [3.8, 4) is 5.88 Å². The second kappa shape index (κ2) is 4.75. The maximum atomic E-state index is 13.5. The summed E-state index contributed by atoms with van der Waals surface area (Å²) in [5.41, 5.74) is -0.705. The fraction of sp³-hybridized carbons (Fsp3) is 0.167. The largest absolute Gasteiger partial charge is 0.481 e. The van der Waals surface area contributed by atoms with E-state index in [9.17, 15) is 18.0 Å². The Labute approximate surface area is 106 Å². The Kier molecular flexibility index (Phi) is 3.28. The summed E-state index contributed by atoms with van der Waals surface area (Å²) in [4.78, 5) is 12.0. The van der Waals surface area contributed by atoms with Crippen LogP contribution in [0, 0.1) is 17.5 Å². The average molecular weight is 270 g/mol. The van der Waals surface area contributed by atoms with E-state index in [1.54, 1.807) is 0 Å². The lowest BCUT2D eigenvalue weighted by Crippen LogP contribution is -2.08. The number of benzene rings is 1. The molecule has 100 valence electrons. The highest BCUT2D eigenvalue weighted by atomic mass is 19.2. The van der Waals surface area contributed by atoms with E-state index >= 15 is 0 Å². The van der Waals surface area contributed by atoms with Gasteiger partial charge in [-0.05, 0) is 12.1 Å². The smallest absolute Gasteiger partial charge is 0.216 e. The average Bonchev–Trinajstić information content (AvgIpc) is 2.77. The van der Waals surface area contributed by atoms with E-state index in [1.807, 2.05) is 0 Å². The molecule has 0 aliphatic carbocycles. The summed E-state index contributed by atoms with van der Waals surface area (Å²) < 4.78 is 45.5. The number of aryl methyl sites for hydroxylation is 1. The summed E-state index contributed by atoms with van der Waals surface area (Å²) in [7, 11) is 2.90. The third-order valence-electron chi connectivity index (χ3n) is 2.56. The van der Waals surface area contributed by atoms with Gasteiger partial charge in [0, 0.05) is 13.1 Å². The molecule has 0 fully saturated rings. The first-order valence-corrected chi connectivity index (χ1v) is 5.22. The van der Waals surface area contributed by atoms with E-state index in [0.717, 1.165) is 6.07 Å². The van der Waals surface area contributed by atoms with E-state index in [2.05, 4.69) is 5.10 Å². The Bertz CT molecular complexity index is 653. The number of aromatic nitrogens is 2. The van der Waals surface area contributed by atoms with E-state index in [0.29, 0.717) is 6.07 Å². The number of ether oxygens (including phenoxy) is 1. The number of hydrogen-bond acceptors (Lipinski definition) is 3. The summed E-state index contributed by atoms with van der Waals surface area (Å²) in [6.07, 6.45) is 0. The van der Waals surface area contributed by atoms with Crippen LogP contribution in [0.3, 0.4) is 0 Å². The van der Waals surface area contributed by atoms with Crippen LogP contribution in [0.1, 0.15) is 16.1 Å². The first-order valence-electron chi connectivity index (χ1n) is 5.22. The first kappa shape index (κ1) is 13.1. The zero-order valence-electron chi connectivity index (χ0n) is 10.1. The van der Waals surface area contributed by atoms with Gasteiger partial charge in [0.2, 0.25) is 11.7 Å². The SMILES string of the molecule is COc1cc(C(=O)c2ccc(F)c(F)c2F)nn1C. The minimum Gasteiger partial charge on any atom is -0.481 e. The quantitative estimate of drug-likeness (QED) is 0.633. The van der Waals surface area contributed by atoms with Crippen LogP contribution in [-0.4, -0.2) is 22.7 Å². The van der Waals surface area contributed by atoms with Gasteiger partial charge in [-0.15, -0.1) is 0 Å². The van der Waals surface area contributed by atoms with Gasteiger partial charge in [0.25, 0.3) is 0 Å². The zero-order chi connectivity index (χ0) is 14.2. The molecule has 0 N–H and O–H groups in total. The van der Waals surface area contributed by atoms with Crippen molar-refractivity contribution in [1.29, 1.82) is 0 Å². The van der Waals surface area contributed by atoms with Gasteiger partial charge < -0.3 is 4.74 Å². The molecule has 0 radical (unpaired) electrons.